The molecule has 0 spiro atoms. The van der Waals surface area contributed by atoms with Gasteiger partial charge in [-0.15, -0.1) is 5.10 Å². The Hall–Kier alpha value is -1.69. The highest BCUT2D eigenvalue weighted by Crippen LogP contribution is 2.26. The molecule has 0 atom stereocenters. The Bertz CT molecular complexity index is 653. The van der Waals surface area contributed by atoms with Crippen molar-refractivity contribution < 1.29 is 0 Å². The molecule has 122 valence electrons. The van der Waals surface area contributed by atoms with Crippen molar-refractivity contribution in [1.29, 1.82) is 0 Å². The van der Waals surface area contributed by atoms with Gasteiger partial charge in [0.1, 0.15) is 0 Å². The minimum absolute atomic E-state index is 0.494. The van der Waals surface area contributed by atoms with E-state index in [0.29, 0.717) is 12.0 Å². The lowest BCUT2D eigenvalue weighted by atomic mass is 10.1. The normalized spacial score (nSPS) is 15.9. The molecule has 1 aromatic carbocycles. The van der Waals surface area contributed by atoms with Crippen molar-refractivity contribution in [2.45, 2.75) is 51.5 Å². The van der Waals surface area contributed by atoms with Gasteiger partial charge in [0.05, 0.1) is 11.9 Å². The Morgan fingerprint density at radius 3 is 2.65 bits per heavy atom. The van der Waals surface area contributed by atoms with Crippen molar-refractivity contribution >= 4 is 33.4 Å². The van der Waals surface area contributed by atoms with E-state index in [9.17, 15) is 0 Å². The third-order valence-electron chi connectivity index (χ3n) is 4.14. The van der Waals surface area contributed by atoms with E-state index < -0.39 is 0 Å². The van der Waals surface area contributed by atoms with E-state index in [1.165, 1.54) is 44.1 Å². The van der Waals surface area contributed by atoms with Crippen LogP contribution < -0.4 is 10.6 Å². The number of hydrogen-bond donors (Lipinski definition) is 2. The van der Waals surface area contributed by atoms with Crippen LogP contribution >= 0.6 is 15.9 Å². The molecule has 0 saturated heterocycles. The maximum Gasteiger partial charge on any atom is 0.249 e. The summed E-state index contributed by atoms with van der Waals surface area (Å²) in [6.45, 7) is 2.06. The molecule has 1 aliphatic carbocycles. The minimum atomic E-state index is 0.494. The molecule has 1 fully saturated rings. The molecule has 0 amide bonds. The lowest BCUT2D eigenvalue weighted by Crippen LogP contribution is -2.19. The van der Waals surface area contributed by atoms with Crippen LogP contribution in [0.4, 0.5) is 17.5 Å². The number of nitrogens with zero attached hydrogens (tertiary/aromatic N) is 3. The summed E-state index contributed by atoms with van der Waals surface area (Å²) in [5.41, 5.74) is 2.13. The first-order chi connectivity index (χ1) is 11.2. The number of benzene rings is 1. The molecule has 0 bridgehead atoms. The lowest BCUT2D eigenvalue weighted by molar-refractivity contribution is 0.617. The zero-order chi connectivity index (χ0) is 16.1. The Balaban J connectivity index is 1.69. The SMILES string of the molecule is Cc1ccc(Nc2nncc(NC3CCCCCC3)n2)c(Br)c1. The standard InChI is InChI=1S/C17H22BrN5/c1-12-8-9-15(14(18)10-12)21-17-22-16(11-19-23-17)20-13-6-4-2-3-5-7-13/h8-11,13H,2-7H2,1H3,(H2,20,21,22,23). The molecule has 1 aliphatic rings. The molecule has 2 N–H and O–H groups in total. The maximum atomic E-state index is 4.54. The summed E-state index contributed by atoms with van der Waals surface area (Å²) in [5.74, 6) is 1.30. The number of nitrogens with one attached hydrogen (secondary N) is 2. The first kappa shape index (κ1) is 16.2. The summed E-state index contributed by atoms with van der Waals surface area (Å²) in [6, 6.07) is 6.61. The van der Waals surface area contributed by atoms with E-state index in [0.717, 1.165) is 16.0 Å². The molecule has 0 radical (unpaired) electrons. The number of halogens is 1. The predicted molar refractivity (Wildman–Crippen MR) is 97.1 cm³/mol. The second kappa shape index (κ2) is 7.73. The number of anilines is 3. The molecule has 2 aromatic rings. The second-order valence-corrected chi connectivity index (χ2v) is 6.96. The number of aryl methyl sites for hydroxylation is 1. The van der Waals surface area contributed by atoms with Gasteiger partial charge in [-0.3, -0.25) is 0 Å². The van der Waals surface area contributed by atoms with Crippen LogP contribution in [-0.2, 0) is 0 Å². The van der Waals surface area contributed by atoms with Crippen LogP contribution in [0.25, 0.3) is 0 Å². The molecule has 23 heavy (non-hydrogen) atoms. The maximum absolute atomic E-state index is 4.54. The van der Waals surface area contributed by atoms with Crippen molar-refractivity contribution in [3.05, 3.63) is 34.4 Å². The fourth-order valence-corrected chi connectivity index (χ4v) is 3.49. The largest absolute Gasteiger partial charge is 0.366 e. The minimum Gasteiger partial charge on any atom is -0.366 e. The van der Waals surface area contributed by atoms with Gasteiger partial charge in [0.2, 0.25) is 5.95 Å². The van der Waals surface area contributed by atoms with Crippen LogP contribution in [0.1, 0.15) is 44.1 Å². The monoisotopic (exact) mass is 375 g/mol. The molecule has 0 aliphatic heterocycles. The molecule has 5 nitrogen and oxygen atoms in total. The van der Waals surface area contributed by atoms with E-state index in [2.05, 4.69) is 54.7 Å². The first-order valence-corrected chi connectivity index (χ1v) is 8.99. The highest BCUT2D eigenvalue weighted by Gasteiger charge is 2.13. The van der Waals surface area contributed by atoms with Crippen molar-refractivity contribution in [3.8, 4) is 0 Å². The Labute approximate surface area is 145 Å². The Morgan fingerprint density at radius 1 is 1.13 bits per heavy atom. The van der Waals surface area contributed by atoms with Crippen LogP contribution in [0.2, 0.25) is 0 Å². The average Bonchev–Trinajstić information content (AvgIpc) is 2.79. The number of rotatable bonds is 4. The van der Waals surface area contributed by atoms with E-state index in [-0.39, 0.29) is 0 Å². The van der Waals surface area contributed by atoms with Gasteiger partial charge in [-0.1, -0.05) is 31.7 Å². The third kappa shape index (κ3) is 4.64. The van der Waals surface area contributed by atoms with Gasteiger partial charge in [0, 0.05) is 10.5 Å². The molecule has 1 aromatic heterocycles. The summed E-state index contributed by atoms with van der Waals surface area (Å²) in [4.78, 5) is 4.54. The van der Waals surface area contributed by atoms with Crippen LogP contribution in [0.5, 0.6) is 0 Å². The summed E-state index contributed by atoms with van der Waals surface area (Å²) < 4.78 is 0.989. The number of aromatic nitrogens is 3. The summed E-state index contributed by atoms with van der Waals surface area (Å²) in [6.07, 6.45) is 9.37. The number of hydrogen-bond acceptors (Lipinski definition) is 5. The first-order valence-electron chi connectivity index (χ1n) is 8.20. The average molecular weight is 376 g/mol. The van der Waals surface area contributed by atoms with Crippen molar-refractivity contribution in [2.24, 2.45) is 0 Å². The van der Waals surface area contributed by atoms with Crippen LogP contribution in [0.15, 0.2) is 28.9 Å². The quantitative estimate of drug-likeness (QED) is 0.749. The van der Waals surface area contributed by atoms with E-state index in [1.54, 1.807) is 6.20 Å². The van der Waals surface area contributed by atoms with Crippen molar-refractivity contribution in [3.63, 3.8) is 0 Å². The molecule has 1 saturated carbocycles. The van der Waals surface area contributed by atoms with Gasteiger partial charge >= 0.3 is 0 Å². The van der Waals surface area contributed by atoms with Crippen LogP contribution in [0, 0.1) is 6.92 Å². The van der Waals surface area contributed by atoms with Crippen molar-refractivity contribution in [2.75, 3.05) is 10.6 Å². The predicted octanol–water partition coefficient (Wildman–Crippen LogP) is 4.82. The zero-order valence-corrected chi connectivity index (χ0v) is 14.9. The Morgan fingerprint density at radius 2 is 1.91 bits per heavy atom. The van der Waals surface area contributed by atoms with Crippen LogP contribution in [0.3, 0.4) is 0 Å². The summed E-state index contributed by atoms with van der Waals surface area (Å²) in [5, 5.41) is 14.9. The van der Waals surface area contributed by atoms with E-state index >= 15 is 0 Å². The fraction of sp³-hybridized carbons (Fsp3) is 0.471. The topological polar surface area (TPSA) is 62.7 Å². The summed E-state index contributed by atoms with van der Waals surface area (Å²) in [7, 11) is 0. The van der Waals surface area contributed by atoms with Gasteiger partial charge in [-0.05, 0) is 53.4 Å². The fourth-order valence-electron chi connectivity index (χ4n) is 2.90. The lowest BCUT2D eigenvalue weighted by Gasteiger charge is -2.16. The molecule has 0 unspecified atom stereocenters. The molecule has 6 heteroatoms. The molecular formula is C17H22BrN5. The molecule has 1 heterocycles. The smallest absolute Gasteiger partial charge is 0.249 e. The van der Waals surface area contributed by atoms with Gasteiger partial charge in [-0.2, -0.15) is 10.1 Å². The highest BCUT2D eigenvalue weighted by atomic mass is 79.9. The van der Waals surface area contributed by atoms with Crippen molar-refractivity contribution in [1.82, 2.24) is 15.2 Å². The van der Waals surface area contributed by atoms with Gasteiger partial charge in [0.25, 0.3) is 0 Å². The molecular weight excluding hydrogens is 354 g/mol. The van der Waals surface area contributed by atoms with Crippen LogP contribution in [-0.4, -0.2) is 21.2 Å². The Kier molecular flexibility index (Phi) is 5.43. The third-order valence-corrected chi connectivity index (χ3v) is 4.79. The van der Waals surface area contributed by atoms with E-state index in [4.69, 9.17) is 0 Å². The second-order valence-electron chi connectivity index (χ2n) is 6.11. The van der Waals surface area contributed by atoms with Gasteiger partial charge < -0.3 is 10.6 Å². The molecule has 3 rings (SSSR count). The zero-order valence-electron chi connectivity index (χ0n) is 13.3. The van der Waals surface area contributed by atoms with E-state index in [1.807, 2.05) is 12.1 Å². The summed E-state index contributed by atoms with van der Waals surface area (Å²) >= 11 is 3.56. The van der Waals surface area contributed by atoms with Gasteiger partial charge in [0.15, 0.2) is 5.82 Å². The highest BCUT2D eigenvalue weighted by molar-refractivity contribution is 9.10. The van der Waals surface area contributed by atoms with Gasteiger partial charge in [-0.25, -0.2) is 0 Å².